The first kappa shape index (κ1) is 39.2. The average Bonchev–Trinajstić information content (AvgIpc) is 3.43. The second-order valence-electron chi connectivity index (χ2n) is 15.6. The molecule has 2 atom stereocenters. The summed E-state index contributed by atoms with van der Waals surface area (Å²) in [5.74, 6) is -1.02. The van der Waals surface area contributed by atoms with Gasteiger partial charge in [0, 0.05) is 67.2 Å². The van der Waals surface area contributed by atoms with Crippen LogP contribution in [0.2, 0.25) is 0 Å². The summed E-state index contributed by atoms with van der Waals surface area (Å²) in [4.78, 5) is 41.1. The lowest BCUT2D eigenvalue weighted by Gasteiger charge is -2.34. The normalized spacial score (nSPS) is 19.1. The van der Waals surface area contributed by atoms with Gasteiger partial charge >= 0.3 is 6.36 Å². The van der Waals surface area contributed by atoms with Gasteiger partial charge < -0.3 is 19.5 Å². The second kappa shape index (κ2) is 16.3. The number of piperidine rings is 1. The van der Waals surface area contributed by atoms with E-state index < -0.39 is 18.2 Å². The van der Waals surface area contributed by atoms with Gasteiger partial charge in [0.15, 0.2) is 0 Å². The van der Waals surface area contributed by atoms with Crippen molar-refractivity contribution in [2.24, 2.45) is 7.05 Å². The average molecular weight is 796 g/mol. The number of halogens is 4. The van der Waals surface area contributed by atoms with E-state index in [0.29, 0.717) is 47.4 Å². The molecular formula is C45H45F4N5O4. The molecule has 2 amide bonds. The highest BCUT2D eigenvalue weighted by atomic mass is 19.4. The maximum absolute atomic E-state index is 14.3. The highest BCUT2D eigenvalue weighted by molar-refractivity contribution is 6.01. The van der Waals surface area contributed by atoms with E-state index in [1.54, 1.807) is 19.2 Å². The largest absolute Gasteiger partial charge is 0.573 e. The first-order valence-corrected chi connectivity index (χ1v) is 19.8. The van der Waals surface area contributed by atoms with Crippen LogP contribution in [0.4, 0.5) is 28.9 Å². The number of pyridine rings is 1. The monoisotopic (exact) mass is 795 g/mol. The maximum Gasteiger partial charge on any atom is 0.573 e. The Balaban J connectivity index is 0.971. The van der Waals surface area contributed by atoms with Crippen LogP contribution in [-0.4, -0.2) is 53.3 Å². The number of aryl methyl sites for hydroxylation is 1. The van der Waals surface area contributed by atoms with Gasteiger partial charge in [-0.25, -0.2) is 4.39 Å². The summed E-state index contributed by atoms with van der Waals surface area (Å²) in [6, 6.07) is 22.5. The molecule has 0 saturated carbocycles. The number of benzene rings is 4. The van der Waals surface area contributed by atoms with Crippen LogP contribution in [0.5, 0.6) is 5.75 Å². The van der Waals surface area contributed by atoms with Crippen molar-refractivity contribution in [3.63, 3.8) is 0 Å². The fraction of sp³-hybridized carbons (Fsp3) is 0.356. The van der Waals surface area contributed by atoms with Gasteiger partial charge in [0.2, 0.25) is 11.8 Å². The molecule has 4 aromatic carbocycles. The number of imide groups is 1. The van der Waals surface area contributed by atoms with Gasteiger partial charge in [-0.05, 0) is 128 Å². The Kier molecular flexibility index (Phi) is 11.0. The molecule has 0 aliphatic carbocycles. The molecule has 0 radical (unpaired) electrons. The number of anilines is 2. The first-order valence-electron chi connectivity index (χ1n) is 19.8. The smallest absolute Gasteiger partial charge is 0.405 e. The zero-order valence-corrected chi connectivity index (χ0v) is 32.2. The molecule has 4 heterocycles. The van der Waals surface area contributed by atoms with Gasteiger partial charge in [-0.1, -0.05) is 36.4 Å². The predicted molar refractivity (Wildman–Crippen MR) is 215 cm³/mol. The molecule has 3 aliphatic rings. The number of nitrogens with one attached hydrogen (secondary N) is 2. The Bertz CT molecular complexity index is 2410. The van der Waals surface area contributed by atoms with Crippen LogP contribution in [0.1, 0.15) is 66.7 Å². The van der Waals surface area contributed by atoms with Crippen LogP contribution in [-0.2, 0) is 36.1 Å². The number of carbonyl (C=O) groups excluding carboxylic acids is 2. The third kappa shape index (κ3) is 8.59. The minimum absolute atomic E-state index is 0.192. The van der Waals surface area contributed by atoms with Gasteiger partial charge in [0.25, 0.3) is 5.56 Å². The number of ether oxygens (including phenoxy) is 1. The molecule has 2 unspecified atom stereocenters. The minimum Gasteiger partial charge on any atom is -0.405 e. The Labute approximate surface area is 333 Å². The Morgan fingerprint density at radius 3 is 2.45 bits per heavy atom. The van der Waals surface area contributed by atoms with Crippen molar-refractivity contribution in [2.45, 2.75) is 76.4 Å². The summed E-state index contributed by atoms with van der Waals surface area (Å²) in [6.07, 6.45) is 2.20. The zero-order valence-electron chi connectivity index (χ0n) is 32.2. The standard InChI is InChI=1S/C45H45F4N5O4/c1-52-27-38(37-24-33(46)13-16-36(37)44(52)57)30-9-10-32(41(23-30)58-45(47,48)49)26-54-21-4-7-35-31(5-2-8-40(35)54)25-53-20-3-6-28(19-22-53)29-11-14-34(15-12-29)50-39-17-18-42(55)51-43(39)56/h2,5,8-16,23-24,27-28,39,50H,3-4,6-7,17-22,25-26H2,1H3,(H,51,55,56). The van der Waals surface area contributed by atoms with E-state index >= 15 is 0 Å². The zero-order chi connectivity index (χ0) is 40.6. The first-order chi connectivity index (χ1) is 27.9. The van der Waals surface area contributed by atoms with Gasteiger partial charge in [0.1, 0.15) is 17.6 Å². The van der Waals surface area contributed by atoms with E-state index in [0.717, 1.165) is 63.1 Å². The van der Waals surface area contributed by atoms with Crippen LogP contribution < -0.4 is 25.8 Å². The van der Waals surface area contributed by atoms with Crippen LogP contribution in [0, 0.1) is 5.82 Å². The Hall–Kier alpha value is -5.69. The minimum atomic E-state index is -4.94. The van der Waals surface area contributed by atoms with E-state index in [1.807, 2.05) is 24.3 Å². The topological polar surface area (TPSA) is 95.9 Å². The summed E-state index contributed by atoms with van der Waals surface area (Å²) in [5, 5.41) is 6.21. The van der Waals surface area contributed by atoms with Crippen LogP contribution in [0.15, 0.2) is 89.9 Å². The number of alkyl halides is 3. The molecule has 2 N–H and O–H groups in total. The van der Waals surface area contributed by atoms with E-state index in [9.17, 15) is 31.9 Å². The summed E-state index contributed by atoms with van der Waals surface area (Å²) < 4.78 is 62.0. The number of rotatable bonds is 9. The molecule has 3 aliphatic heterocycles. The molecule has 2 fully saturated rings. The molecule has 0 spiro atoms. The fourth-order valence-corrected chi connectivity index (χ4v) is 8.80. The Morgan fingerprint density at radius 1 is 0.828 bits per heavy atom. The van der Waals surface area contributed by atoms with Gasteiger partial charge in [-0.3, -0.25) is 24.6 Å². The quantitative estimate of drug-likeness (QED) is 0.115. The molecule has 9 nitrogen and oxygen atoms in total. The lowest BCUT2D eigenvalue weighted by Crippen LogP contribution is -2.47. The summed E-state index contributed by atoms with van der Waals surface area (Å²) in [6.45, 7) is 3.53. The van der Waals surface area contributed by atoms with E-state index in [1.165, 1.54) is 51.7 Å². The van der Waals surface area contributed by atoms with Crippen molar-refractivity contribution in [3.8, 4) is 16.9 Å². The van der Waals surface area contributed by atoms with Crippen molar-refractivity contribution < 1.29 is 31.9 Å². The molecule has 5 aromatic rings. The fourth-order valence-electron chi connectivity index (χ4n) is 8.80. The SMILES string of the molecule is Cn1cc(-c2ccc(CN3CCCc4c(CN5CCCC(c6ccc(NC7CCC(=O)NC7=O)cc6)CC5)cccc43)c(OC(F)(F)F)c2)c2cc(F)ccc2c1=O. The van der Waals surface area contributed by atoms with Crippen molar-refractivity contribution in [3.05, 3.63) is 123 Å². The number of hydrogen-bond donors (Lipinski definition) is 2. The highest BCUT2D eigenvalue weighted by Gasteiger charge is 2.33. The lowest BCUT2D eigenvalue weighted by atomic mass is 9.92. The summed E-state index contributed by atoms with van der Waals surface area (Å²) >= 11 is 0. The number of amides is 2. The van der Waals surface area contributed by atoms with Crippen molar-refractivity contribution >= 4 is 34.0 Å². The third-order valence-corrected chi connectivity index (χ3v) is 11.7. The number of likely N-dealkylation sites (tertiary alicyclic amines) is 1. The number of nitrogens with zero attached hydrogens (tertiary/aromatic N) is 3. The van der Waals surface area contributed by atoms with Crippen LogP contribution in [0.25, 0.3) is 21.9 Å². The number of carbonyl (C=O) groups is 2. The molecule has 58 heavy (non-hydrogen) atoms. The van der Waals surface area contributed by atoms with E-state index in [2.05, 4.69) is 43.4 Å². The molecule has 0 bridgehead atoms. The number of fused-ring (bicyclic) bond motifs is 2. The van der Waals surface area contributed by atoms with Crippen molar-refractivity contribution in [2.75, 3.05) is 29.9 Å². The molecule has 8 rings (SSSR count). The number of aromatic nitrogens is 1. The summed E-state index contributed by atoms with van der Waals surface area (Å²) in [7, 11) is 1.55. The molecule has 302 valence electrons. The molecule has 13 heteroatoms. The van der Waals surface area contributed by atoms with Crippen LogP contribution in [0.3, 0.4) is 0 Å². The number of hydrogen-bond acceptors (Lipinski definition) is 7. The van der Waals surface area contributed by atoms with E-state index in [4.69, 9.17) is 0 Å². The molecule has 2 saturated heterocycles. The van der Waals surface area contributed by atoms with Gasteiger partial charge in [-0.15, -0.1) is 13.2 Å². The van der Waals surface area contributed by atoms with Crippen molar-refractivity contribution in [1.29, 1.82) is 0 Å². The third-order valence-electron chi connectivity index (χ3n) is 11.7. The van der Waals surface area contributed by atoms with Gasteiger partial charge in [0.05, 0.1) is 0 Å². The van der Waals surface area contributed by atoms with Gasteiger partial charge in [-0.2, -0.15) is 0 Å². The van der Waals surface area contributed by atoms with E-state index in [-0.39, 0.29) is 35.1 Å². The second-order valence-corrected chi connectivity index (χ2v) is 15.6. The van der Waals surface area contributed by atoms with Crippen LogP contribution >= 0.6 is 0 Å². The summed E-state index contributed by atoms with van der Waals surface area (Å²) in [5.41, 5.74) is 6.36. The highest BCUT2D eigenvalue weighted by Crippen LogP contribution is 2.38. The molecular weight excluding hydrogens is 751 g/mol. The molecule has 1 aromatic heterocycles. The predicted octanol–water partition coefficient (Wildman–Crippen LogP) is 8.18. The lowest BCUT2D eigenvalue weighted by molar-refractivity contribution is -0.274. The van der Waals surface area contributed by atoms with Crippen molar-refractivity contribution in [1.82, 2.24) is 14.8 Å². The maximum atomic E-state index is 14.3. The Morgan fingerprint density at radius 2 is 1.66 bits per heavy atom.